The molecular weight excluding hydrogens is 252 g/mol. The highest BCUT2D eigenvalue weighted by Gasteiger charge is 2.42. The highest BCUT2D eigenvalue weighted by Crippen LogP contribution is 2.37. The van der Waals surface area contributed by atoms with Gasteiger partial charge in [0.2, 0.25) is 5.91 Å². The minimum Gasteiger partial charge on any atom is -0.508 e. The van der Waals surface area contributed by atoms with Crippen molar-refractivity contribution in [1.82, 2.24) is 4.90 Å². The molecule has 4 heteroatoms. The van der Waals surface area contributed by atoms with E-state index in [0.29, 0.717) is 24.7 Å². The number of nitrogens with zero attached hydrogens (tertiary/aromatic N) is 1. The number of benzene rings is 1. The molecule has 20 heavy (non-hydrogen) atoms. The Labute approximate surface area is 119 Å². The Hall–Kier alpha value is -1.55. The monoisotopic (exact) mass is 274 g/mol. The second-order valence-electron chi connectivity index (χ2n) is 6.09. The van der Waals surface area contributed by atoms with Gasteiger partial charge in [-0.1, -0.05) is 18.2 Å². The summed E-state index contributed by atoms with van der Waals surface area (Å²) in [5, 5.41) is 9.71. The molecule has 1 aromatic rings. The van der Waals surface area contributed by atoms with Crippen molar-refractivity contribution in [3.8, 4) is 5.75 Å². The summed E-state index contributed by atoms with van der Waals surface area (Å²) in [6, 6.07) is 7.50. The van der Waals surface area contributed by atoms with Crippen LogP contribution in [0.5, 0.6) is 5.75 Å². The van der Waals surface area contributed by atoms with Gasteiger partial charge in [0.1, 0.15) is 5.75 Å². The van der Waals surface area contributed by atoms with Crippen LogP contribution in [-0.2, 0) is 11.2 Å². The van der Waals surface area contributed by atoms with Crippen LogP contribution < -0.4 is 5.73 Å². The Balaban J connectivity index is 1.55. The van der Waals surface area contributed by atoms with E-state index in [2.05, 4.69) is 0 Å². The second kappa shape index (κ2) is 5.44. The smallest absolute Gasteiger partial charge is 0.222 e. The lowest BCUT2D eigenvalue weighted by molar-refractivity contribution is -0.130. The van der Waals surface area contributed by atoms with Gasteiger partial charge in [0.25, 0.3) is 0 Å². The topological polar surface area (TPSA) is 66.6 Å². The number of para-hydroxylation sites is 1. The standard InChI is InChI=1S/C16H22N2O2/c17-14-7-5-12-9-18(10-13(12)14)16(20)8-6-11-3-1-2-4-15(11)19/h1-4,12-14,19H,5-10,17H2. The van der Waals surface area contributed by atoms with Gasteiger partial charge in [-0.3, -0.25) is 4.79 Å². The van der Waals surface area contributed by atoms with Gasteiger partial charge in [-0.15, -0.1) is 0 Å². The number of hydrogen-bond acceptors (Lipinski definition) is 3. The number of hydrogen-bond donors (Lipinski definition) is 2. The van der Waals surface area contributed by atoms with Crippen molar-refractivity contribution in [3.63, 3.8) is 0 Å². The van der Waals surface area contributed by atoms with Crippen LogP contribution in [-0.4, -0.2) is 35.0 Å². The fraction of sp³-hybridized carbons (Fsp3) is 0.562. The van der Waals surface area contributed by atoms with Gasteiger partial charge in [0.05, 0.1) is 0 Å². The molecule has 0 spiro atoms. The predicted molar refractivity (Wildman–Crippen MR) is 77.2 cm³/mol. The number of carbonyl (C=O) groups is 1. The molecular formula is C16H22N2O2. The van der Waals surface area contributed by atoms with Crippen molar-refractivity contribution in [2.45, 2.75) is 31.7 Å². The number of aryl methyl sites for hydroxylation is 1. The quantitative estimate of drug-likeness (QED) is 0.878. The maximum Gasteiger partial charge on any atom is 0.222 e. The van der Waals surface area contributed by atoms with E-state index >= 15 is 0 Å². The maximum atomic E-state index is 12.3. The zero-order valence-corrected chi connectivity index (χ0v) is 11.7. The van der Waals surface area contributed by atoms with Gasteiger partial charge in [-0.05, 0) is 42.7 Å². The van der Waals surface area contributed by atoms with E-state index in [4.69, 9.17) is 5.73 Å². The zero-order chi connectivity index (χ0) is 14.1. The largest absolute Gasteiger partial charge is 0.508 e. The van der Waals surface area contributed by atoms with Crippen LogP contribution in [0.25, 0.3) is 0 Å². The van der Waals surface area contributed by atoms with Crippen LogP contribution in [0.3, 0.4) is 0 Å². The average Bonchev–Trinajstić information content (AvgIpc) is 3.00. The summed E-state index contributed by atoms with van der Waals surface area (Å²) in [6.45, 7) is 1.70. The van der Waals surface area contributed by atoms with Crippen LogP contribution in [0.4, 0.5) is 0 Å². The average molecular weight is 274 g/mol. The number of phenols is 1. The molecule has 3 N–H and O–H groups in total. The Kier molecular flexibility index (Phi) is 3.66. The maximum absolute atomic E-state index is 12.3. The Morgan fingerprint density at radius 2 is 2.10 bits per heavy atom. The number of aromatic hydroxyl groups is 1. The number of likely N-dealkylation sites (tertiary alicyclic amines) is 1. The number of carbonyl (C=O) groups excluding carboxylic acids is 1. The number of rotatable bonds is 3. The third-order valence-corrected chi connectivity index (χ3v) is 4.86. The van der Waals surface area contributed by atoms with Crippen LogP contribution in [0.2, 0.25) is 0 Å². The molecule has 2 aliphatic rings. The molecule has 2 fully saturated rings. The molecule has 3 atom stereocenters. The fourth-order valence-electron chi connectivity index (χ4n) is 3.63. The summed E-state index contributed by atoms with van der Waals surface area (Å²) in [4.78, 5) is 14.2. The summed E-state index contributed by atoms with van der Waals surface area (Å²) < 4.78 is 0. The fourth-order valence-corrected chi connectivity index (χ4v) is 3.63. The van der Waals surface area contributed by atoms with Crippen molar-refractivity contribution in [2.24, 2.45) is 17.6 Å². The molecule has 4 nitrogen and oxygen atoms in total. The molecule has 1 aliphatic carbocycles. The van der Waals surface area contributed by atoms with Gasteiger partial charge in [-0.2, -0.15) is 0 Å². The summed E-state index contributed by atoms with van der Waals surface area (Å²) in [5.74, 6) is 1.58. The van der Waals surface area contributed by atoms with Crippen molar-refractivity contribution < 1.29 is 9.90 Å². The molecule has 1 aliphatic heterocycles. The first kappa shape index (κ1) is 13.4. The molecule has 0 aromatic heterocycles. The first-order chi connectivity index (χ1) is 9.65. The summed E-state index contributed by atoms with van der Waals surface area (Å²) in [7, 11) is 0. The molecule has 1 aromatic carbocycles. The predicted octanol–water partition coefficient (Wildman–Crippen LogP) is 1.52. The summed E-state index contributed by atoms with van der Waals surface area (Å²) in [6.07, 6.45) is 3.33. The van der Waals surface area contributed by atoms with Gasteiger partial charge in [-0.25, -0.2) is 0 Å². The summed E-state index contributed by atoms with van der Waals surface area (Å²) >= 11 is 0. The Morgan fingerprint density at radius 1 is 1.30 bits per heavy atom. The number of fused-ring (bicyclic) bond motifs is 1. The number of phenolic OH excluding ortho intramolecular Hbond substituents is 1. The van der Waals surface area contributed by atoms with Gasteiger partial charge in [0.15, 0.2) is 0 Å². The molecule has 1 saturated carbocycles. The van der Waals surface area contributed by atoms with Crippen LogP contribution in [0, 0.1) is 11.8 Å². The van der Waals surface area contributed by atoms with E-state index in [9.17, 15) is 9.90 Å². The first-order valence-electron chi connectivity index (χ1n) is 7.45. The van der Waals surface area contributed by atoms with Gasteiger partial charge < -0.3 is 15.7 Å². The van der Waals surface area contributed by atoms with E-state index in [1.54, 1.807) is 12.1 Å². The minimum atomic E-state index is 0.190. The van der Waals surface area contributed by atoms with Crippen LogP contribution in [0.15, 0.2) is 24.3 Å². The first-order valence-corrected chi connectivity index (χ1v) is 7.45. The Morgan fingerprint density at radius 3 is 2.85 bits per heavy atom. The van der Waals surface area contributed by atoms with E-state index in [1.165, 1.54) is 0 Å². The molecule has 1 heterocycles. The molecule has 3 unspecified atom stereocenters. The molecule has 1 amide bonds. The third-order valence-electron chi connectivity index (χ3n) is 4.86. The number of nitrogens with two attached hydrogens (primary N) is 1. The number of amides is 1. The molecule has 3 rings (SSSR count). The van der Waals surface area contributed by atoms with Crippen molar-refractivity contribution in [2.75, 3.05) is 13.1 Å². The highest BCUT2D eigenvalue weighted by molar-refractivity contribution is 5.77. The van der Waals surface area contributed by atoms with E-state index in [-0.39, 0.29) is 17.7 Å². The molecule has 0 bridgehead atoms. The SMILES string of the molecule is NC1CCC2CN(C(=O)CCc3ccccc3O)CC12. The third kappa shape index (κ3) is 2.52. The second-order valence-corrected chi connectivity index (χ2v) is 6.09. The highest BCUT2D eigenvalue weighted by atomic mass is 16.3. The molecule has 108 valence electrons. The van der Waals surface area contributed by atoms with E-state index in [1.807, 2.05) is 17.0 Å². The zero-order valence-electron chi connectivity index (χ0n) is 11.7. The van der Waals surface area contributed by atoms with Crippen molar-refractivity contribution >= 4 is 5.91 Å². The van der Waals surface area contributed by atoms with Gasteiger partial charge in [0, 0.05) is 25.6 Å². The van der Waals surface area contributed by atoms with Crippen molar-refractivity contribution in [3.05, 3.63) is 29.8 Å². The minimum absolute atomic E-state index is 0.190. The lowest BCUT2D eigenvalue weighted by Crippen LogP contribution is -2.33. The normalized spacial score (nSPS) is 28.6. The Bertz CT molecular complexity index is 503. The van der Waals surface area contributed by atoms with E-state index < -0.39 is 0 Å². The molecule has 1 saturated heterocycles. The van der Waals surface area contributed by atoms with Gasteiger partial charge >= 0.3 is 0 Å². The lowest BCUT2D eigenvalue weighted by Gasteiger charge is -2.18. The van der Waals surface area contributed by atoms with E-state index in [0.717, 1.165) is 31.5 Å². The molecule has 0 radical (unpaired) electrons. The van der Waals surface area contributed by atoms with Crippen molar-refractivity contribution in [1.29, 1.82) is 0 Å². The lowest BCUT2D eigenvalue weighted by atomic mass is 9.98. The van der Waals surface area contributed by atoms with Crippen LogP contribution in [0.1, 0.15) is 24.8 Å². The van der Waals surface area contributed by atoms with Crippen LogP contribution >= 0.6 is 0 Å². The summed E-state index contributed by atoms with van der Waals surface area (Å²) in [5.41, 5.74) is 6.94.